The fraction of sp³-hybridized carbons (Fsp3) is 0.0667. The Morgan fingerprint density at radius 3 is 2.41 bits per heavy atom. The molecule has 0 radical (unpaired) electrons. The molecule has 2 aromatic rings. The number of carboxylic acid groups (broad SMARTS) is 1. The minimum absolute atomic E-state index is 0.0692. The molecule has 5 nitrogen and oxygen atoms in total. The summed E-state index contributed by atoms with van der Waals surface area (Å²) in [5.41, 5.74) is 0.334. The van der Waals surface area contributed by atoms with E-state index in [4.69, 9.17) is 33.0 Å². The monoisotopic (exact) mass is 339 g/mol. The van der Waals surface area contributed by atoms with E-state index in [9.17, 15) is 9.59 Å². The van der Waals surface area contributed by atoms with Crippen molar-refractivity contribution in [3.63, 3.8) is 0 Å². The van der Waals surface area contributed by atoms with Crippen molar-refractivity contribution in [2.45, 2.75) is 0 Å². The summed E-state index contributed by atoms with van der Waals surface area (Å²) in [7, 11) is 1.37. The molecule has 1 amide bonds. The number of aromatic carboxylic acids is 1. The third-order valence-electron chi connectivity index (χ3n) is 2.86. The highest BCUT2D eigenvalue weighted by Gasteiger charge is 2.17. The number of rotatable bonds is 4. The van der Waals surface area contributed by atoms with Gasteiger partial charge in [-0.3, -0.25) is 4.79 Å². The Balaban J connectivity index is 2.42. The van der Waals surface area contributed by atoms with Crippen molar-refractivity contribution in [3.05, 3.63) is 57.6 Å². The van der Waals surface area contributed by atoms with Gasteiger partial charge in [0, 0.05) is 0 Å². The number of anilines is 1. The van der Waals surface area contributed by atoms with E-state index < -0.39 is 11.9 Å². The van der Waals surface area contributed by atoms with Gasteiger partial charge in [-0.15, -0.1) is 0 Å². The predicted octanol–water partition coefficient (Wildman–Crippen LogP) is 3.95. The van der Waals surface area contributed by atoms with Crippen LogP contribution in [0.3, 0.4) is 0 Å². The number of methoxy groups -OCH3 is 1. The Morgan fingerprint density at radius 1 is 1.14 bits per heavy atom. The molecule has 0 bridgehead atoms. The second-order valence-corrected chi connectivity index (χ2v) is 5.09. The lowest BCUT2D eigenvalue weighted by Crippen LogP contribution is -2.14. The van der Waals surface area contributed by atoms with E-state index in [-0.39, 0.29) is 32.6 Å². The Morgan fingerprint density at radius 2 is 1.82 bits per heavy atom. The Kier molecular flexibility index (Phi) is 4.90. The van der Waals surface area contributed by atoms with Gasteiger partial charge in [-0.2, -0.15) is 0 Å². The van der Waals surface area contributed by atoms with Gasteiger partial charge in [0.25, 0.3) is 5.91 Å². The first-order valence-corrected chi connectivity index (χ1v) is 6.86. The number of carboxylic acids is 1. The summed E-state index contributed by atoms with van der Waals surface area (Å²) in [5, 5.41) is 12.0. The molecule has 22 heavy (non-hydrogen) atoms. The van der Waals surface area contributed by atoms with E-state index in [2.05, 4.69) is 5.32 Å². The lowest BCUT2D eigenvalue weighted by atomic mass is 10.1. The van der Waals surface area contributed by atoms with Gasteiger partial charge in [0.05, 0.1) is 34.0 Å². The number of carbonyl (C=O) groups is 2. The number of amides is 1. The van der Waals surface area contributed by atoms with Crippen molar-refractivity contribution >= 4 is 40.8 Å². The number of hydrogen-bond donors (Lipinski definition) is 2. The smallest absolute Gasteiger partial charge is 0.335 e. The van der Waals surface area contributed by atoms with E-state index in [0.29, 0.717) is 0 Å². The van der Waals surface area contributed by atoms with Crippen LogP contribution in [0.5, 0.6) is 5.75 Å². The third-order valence-corrected chi connectivity index (χ3v) is 3.47. The van der Waals surface area contributed by atoms with E-state index in [1.165, 1.54) is 19.2 Å². The van der Waals surface area contributed by atoms with Crippen molar-refractivity contribution in [2.24, 2.45) is 0 Å². The molecule has 0 fully saturated rings. The molecule has 0 unspecified atom stereocenters. The molecule has 0 saturated heterocycles. The average molecular weight is 340 g/mol. The van der Waals surface area contributed by atoms with E-state index >= 15 is 0 Å². The minimum atomic E-state index is -1.17. The maximum Gasteiger partial charge on any atom is 0.335 e. The predicted molar refractivity (Wildman–Crippen MR) is 84.4 cm³/mol. The normalized spacial score (nSPS) is 10.1. The first-order valence-electron chi connectivity index (χ1n) is 6.10. The Labute approximate surface area is 136 Å². The van der Waals surface area contributed by atoms with Gasteiger partial charge in [0.1, 0.15) is 0 Å². The van der Waals surface area contributed by atoms with Crippen LogP contribution in [0, 0.1) is 0 Å². The average Bonchev–Trinajstić information content (AvgIpc) is 2.47. The quantitative estimate of drug-likeness (QED) is 0.884. The van der Waals surface area contributed by atoms with Crippen LogP contribution >= 0.6 is 23.2 Å². The zero-order valence-electron chi connectivity index (χ0n) is 11.4. The summed E-state index contributed by atoms with van der Waals surface area (Å²) in [6.07, 6.45) is 0. The lowest BCUT2D eigenvalue weighted by molar-refractivity contribution is 0.0696. The van der Waals surface area contributed by atoms with Crippen LogP contribution in [0.25, 0.3) is 0 Å². The Hall–Kier alpha value is -2.24. The fourth-order valence-corrected chi connectivity index (χ4v) is 2.37. The molecule has 0 aliphatic rings. The van der Waals surface area contributed by atoms with Gasteiger partial charge in [-0.05, 0) is 24.3 Å². The largest absolute Gasteiger partial charge is 0.493 e. The van der Waals surface area contributed by atoms with Crippen molar-refractivity contribution in [1.29, 1.82) is 0 Å². The van der Waals surface area contributed by atoms with Crippen molar-refractivity contribution < 1.29 is 19.4 Å². The summed E-state index contributed by atoms with van der Waals surface area (Å²) in [4.78, 5) is 23.3. The standard InChI is InChI=1S/C15H11Cl2NO4/c1-22-13-11(17)6-8(15(20)21)7-12(13)18-14(19)9-4-2-3-5-10(9)16/h2-7H,1H3,(H,18,19)(H,20,21). The van der Waals surface area contributed by atoms with Crippen LogP contribution in [0.4, 0.5) is 5.69 Å². The molecule has 0 aromatic heterocycles. The highest BCUT2D eigenvalue weighted by molar-refractivity contribution is 6.35. The molecule has 2 N–H and O–H groups in total. The second-order valence-electron chi connectivity index (χ2n) is 4.28. The topological polar surface area (TPSA) is 75.6 Å². The fourth-order valence-electron chi connectivity index (χ4n) is 1.85. The molecule has 0 aliphatic heterocycles. The van der Waals surface area contributed by atoms with Crippen LogP contribution in [0.1, 0.15) is 20.7 Å². The first kappa shape index (κ1) is 16.1. The van der Waals surface area contributed by atoms with Gasteiger partial charge in [-0.25, -0.2) is 4.79 Å². The van der Waals surface area contributed by atoms with Crippen molar-refractivity contribution in [2.75, 3.05) is 12.4 Å². The summed E-state index contributed by atoms with van der Waals surface area (Å²) >= 11 is 11.9. The highest BCUT2D eigenvalue weighted by Crippen LogP contribution is 2.35. The van der Waals surface area contributed by atoms with Crippen molar-refractivity contribution in [1.82, 2.24) is 0 Å². The molecule has 114 valence electrons. The summed E-state index contributed by atoms with van der Waals surface area (Å²) in [6.45, 7) is 0. The Bertz CT molecular complexity index is 746. The van der Waals surface area contributed by atoms with Crippen LogP contribution in [-0.2, 0) is 0 Å². The molecule has 0 saturated carbocycles. The molecule has 7 heteroatoms. The molecule has 2 rings (SSSR count). The van der Waals surface area contributed by atoms with Crippen LogP contribution in [0.15, 0.2) is 36.4 Å². The molecule has 0 atom stereocenters. The summed E-state index contributed by atoms with van der Waals surface area (Å²) in [6, 6.07) is 9.00. The number of carbonyl (C=O) groups excluding carboxylic acids is 1. The zero-order chi connectivity index (χ0) is 16.3. The summed E-state index contributed by atoms with van der Waals surface area (Å²) < 4.78 is 5.11. The zero-order valence-corrected chi connectivity index (χ0v) is 12.9. The SMILES string of the molecule is COc1c(Cl)cc(C(=O)O)cc1NC(=O)c1ccccc1Cl. The van der Waals surface area contributed by atoms with Gasteiger partial charge >= 0.3 is 5.97 Å². The number of halogens is 2. The maximum atomic E-state index is 12.3. The van der Waals surface area contributed by atoms with E-state index in [0.717, 1.165) is 0 Å². The maximum absolute atomic E-state index is 12.3. The van der Waals surface area contributed by atoms with Crippen LogP contribution in [-0.4, -0.2) is 24.1 Å². The molecular formula is C15H11Cl2NO4. The van der Waals surface area contributed by atoms with Crippen LogP contribution < -0.4 is 10.1 Å². The molecule has 2 aromatic carbocycles. The molecule has 0 heterocycles. The van der Waals surface area contributed by atoms with Gasteiger partial charge in [0.15, 0.2) is 5.75 Å². The first-order chi connectivity index (χ1) is 10.4. The lowest BCUT2D eigenvalue weighted by Gasteiger charge is -2.13. The molecule has 0 aliphatic carbocycles. The third kappa shape index (κ3) is 3.32. The van der Waals surface area contributed by atoms with E-state index in [1.807, 2.05) is 0 Å². The number of hydrogen-bond acceptors (Lipinski definition) is 3. The van der Waals surface area contributed by atoms with Crippen molar-refractivity contribution in [3.8, 4) is 5.75 Å². The number of ether oxygens (including phenoxy) is 1. The highest BCUT2D eigenvalue weighted by atomic mass is 35.5. The van der Waals surface area contributed by atoms with Gasteiger partial charge < -0.3 is 15.2 Å². The molecule has 0 spiro atoms. The number of benzene rings is 2. The van der Waals surface area contributed by atoms with E-state index in [1.54, 1.807) is 24.3 Å². The van der Waals surface area contributed by atoms with Gasteiger partial charge in [-0.1, -0.05) is 35.3 Å². The van der Waals surface area contributed by atoms with Crippen LogP contribution in [0.2, 0.25) is 10.0 Å². The number of nitrogens with one attached hydrogen (secondary N) is 1. The molecular weight excluding hydrogens is 329 g/mol. The summed E-state index contributed by atoms with van der Waals surface area (Å²) in [5.74, 6) is -1.49. The second kappa shape index (κ2) is 6.68. The minimum Gasteiger partial charge on any atom is -0.493 e. The van der Waals surface area contributed by atoms with Gasteiger partial charge in [0.2, 0.25) is 0 Å².